The van der Waals surface area contributed by atoms with Gasteiger partial charge in [0.25, 0.3) is 0 Å². The van der Waals surface area contributed by atoms with Crippen LogP contribution in [0.4, 0.5) is 0 Å². The van der Waals surface area contributed by atoms with Crippen LogP contribution in [0, 0.1) is 6.92 Å². The average molecular weight is 205 g/mol. The van der Waals surface area contributed by atoms with Crippen molar-refractivity contribution in [2.45, 2.75) is 47.5 Å². The first-order valence-electron chi connectivity index (χ1n) is 5.75. The van der Waals surface area contributed by atoms with Crippen molar-refractivity contribution < 1.29 is 0 Å². The quantitative estimate of drug-likeness (QED) is 0.689. The van der Waals surface area contributed by atoms with Crippen LogP contribution in [-0.4, -0.2) is 4.98 Å². The second-order valence-corrected chi connectivity index (χ2v) is 3.59. The smallest absolute Gasteiger partial charge is 0.0658 e. The van der Waals surface area contributed by atoms with Gasteiger partial charge in [-0.25, -0.2) is 0 Å². The van der Waals surface area contributed by atoms with Gasteiger partial charge in [-0.3, -0.25) is 4.98 Å². The minimum Gasteiger partial charge on any atom is -0.253 e. The van der Waals surface area contributed by atoms with E-state index in [0.717, 1.165) is 5.69 Å². The molecule has 0 saturated heterocycles. The van der Waals surface area contributed by atoms with E-state index in [-0.39, 0.29) is 0 Å². The second kappa shape index (κ2) is 7.22. The molecule has 0 amide bonds. The van der Waals surface area contributed by atoms with E-state index >= 15 is 0 Å². The predicted octanol–water partition coefficient (Wildman–Crippen LogP) is 4.57. The third kappa shape index (κ3) is 4.28. The Morgan fingerprint density at radius 1 is 1.20 bits per heavy atom. The molecular formula is C14H23N. The van der Waals surface area contributed by atoms with E-state index in [1.54, 1.807) is 0 Å². The van der Waals surface area contributed by atoms with Crippen LogP contribution in [0.5, 0.6) is 0 Å². The summed E-state index contributed by atoms with van der Waals surface area (Å²) >= 11 is 0. The molecule has 1 rings (SSSR count). The van der Waals surface area contributed by atoms with Gasteiger partial charge in [0.2, 0.25) is 0 Å². The molecule has 1 aromatic heterocycles. The molecule has 0 aromatic carbocycles. The monoisotopic (exact) mass is 205 g/mol. The van der Waals surface area contributed by atoms with Crippen molar-refractivity contribution in [2.75, 3.05) is 0 Å². The Balaban J connectivity index is 0.000000921. The normalized spacial score (nSPS) is 10.3. The molecule has 1 nitrogen and oxygen atoms in total. The van der Waals surface area contributed by atoms with Crippen LogP contribution >= 0.6 is 0 Å². The minimum atomic E-state index is 0.504. The molecule has 0 aliphatic carbocycles. The molecule has 0 saturated carbocycles. The zero-order valence-electron chi connectivity index (χ0n) is 10.8. The number of pyridine rings is 1. The molecule has 1 heteroatoms. The highest BCUT2D eigenvalue weighted by Crippen LogP contribution is 2.15. The Labute approximate surface area is 94.3 Å². The number of hydrogen-bond donors (Lipinski definition) is 0. The molecule has 0 unspecified atom stereocenters. The highest BCUT2D eigenvalue weighted by molar-refractivity contribution is 5.48. The standard InChI is InChI=1S/C12H17N.C2H6/c1-5-6-12-10(4)7-8-11(13-12)9(2)3;1-2/h5-9H,1-4H3;1-2H3/b6-5-;. The van der Waals surface area contributed by atoms with Crippen molar-refractivity contribution in [1.82, 2.24) is 4.98 Å². The summed E-state index contributed by atoms with van der Waals surface area (Å²) in [6, 6.07) is 4.24. The van der Waals surface area contributed by atoms with Crippen molar-refractivity contribution in [3.8, 4) is 0 Å². The molecule has 1 heterocycles. The lowest BCUT2D eigenvalue weighted by Gasteiger charge is -2.07. The fourth-order valence-corrected chi connectivity index (χ4v) is 1.21. The van der Waals surface area contributed by atoms with Gasteiger partial charge in [-0.2, -0.15) is 0 Å². The predicted molar refractivity (Wildman–Crippen MR) is 69.1 cm³/mol. The topological polar surface area (TPSA) is 12.9 Å². The van der Waals surface area contributed by atoms with Gasteiger partial charge < -0.3 is 0 Å². The maximum Gasteiger partial charge on any atom is 0.0658 e. The van der Waals surface area contributed by atoms with Crippen LogP contribution in [0.3, 0.4) is 0 Å². The van der Waals surface area contributed by atoms with E-state index in [4.69, 9.17) is 0 Å². The number of nitrogens with zero attached hydrogens (tertiary/aromatic N) is 1. The summed E-state index contributed by atoms with van der Waals surface area (Å²) in [5.74, 6) is 0.504. The van der Waals surface area contributed by atoms with E-state index in [0.29, 0.717) is 5.92 Å². The number of rotatable bonds is 2. The molecule has 0 radical (unpaired) electrons. The third-order valence-corrected chi connectivity index (χ3v) is 2.07. The summed E-state index contributed by atoms with van der Waals surface area (Å²) in [7, 11) is 0. The molecule has 0 atom stereocenters. The van der Waals surface area contributed by atoms with Crippen LogP contribution in [0.1, 0.15) is 57.5 Å². The lowest BCUT2D eigenvalue weighted by atomic mass is 10.1. The van der Waals surface area contributed by atoms with Crippen molar-refractivity contribution in [1.29, 1.82) is 0 Å². The Kier molecular flexibility index (Phi) is 6.68. The summed E-state index contributed by atoms with van der Waals surface area (Å²) in [6.07, 6.45) is 4.08. The van der Waals surface area contributed by atoms with Crippen LogP contribution in [0.2, 0.25) is 0 Å². The zero-order chi connectivity index (χ0) is 11.8. The Morgan fingerprint density at radius 2 is 1.80 bits per heavy atom. The van der Waals surface area contributed by atoms with Gasteiger partial charge in [0, 0.05) is 5.69 Å². The Bertz CT molecular complexity index is 311. The second-order valence-electron chi connectivity index (χ2n) is 3.59. The van der Waals surface area contributed by atoms with Gasteiger partial charge in [0.1, 0.15) is 0 Å². The number of aryl methyl sites for hydroxylation is 1. The fourth-order valence-electron chi connectivity index (χ4n) is 1.21. The van der Waals surface area contributed by atoms with Crippen LogP contribution in [0.15, 0.2) is 18.2 Å². The van der Waals surface area contributed by atoms with Gasteiger partial charge in [-0.15, -0.1) is 0 Å². The maximum atomic E-state index is 4.57. The number of allylic oxidation sites excluding steroid dienone is 1. The third-order valence-electron chi connectivity index (χ3n) is 2.07. The number of hydrogen-bond acceptors (Lipinski definition) is 1. The van der Waals surface area contributed by atoms with Gasteiger partial charge in [0.15, 0.2) is 0 Å². The van der Waals surface area contributed by atoms with Crippen LogP contribution in [0.25, 0.3) is 6.08 Å². The zero-order valence-corrected chi connectivity index (χ0v) is 10.8. The first-order valence-corrected chi connectivity index (χ1v) is 5.75. The first kappa shape index (κ1) is 13.9. The summed E-state index contributed by atoms with van der Waals surface area (Å²) < 4.78 is 0. The van der Waals surface area contributed by atoms with Crippen molar-refractivity contribution in [2.24, 2.45) is 0 Å². The molecular weight excluding hydrogens is 182 g/mol. The SMILES string of the molecule is C/C=C\c1nc(C(C)C)ccc1C.CC. The molecule has 84 valence electrons. The summed E-state index contributed by atoms with van der Waals surface area (Å²) in [5.41, 5.74) is 3.50. The molecule has 0 N–H and O–H groups in total. The summed E-state index contributed by atoms with van der Waals surface area (Å²) in [6.45, 7) is 12.4. The van der Waals surface area contributed by atoms with Gasteiger partial charge in [-0.05, 0) is 37.5 Å². The highest BCUT2D eigenvalue weighted by atomic mass is 14.7. The van der Waals surface area contributed by atoms with Crippen molar-refractivity contribution >= 4 is 6.08 Å². The Morgan fingerprint density at radius 3 is 2.27 bits per heavy atom. The Hall–Kier alpha value is -1.11. The average Bonchev–Trinajstić information content (AvgIpc) is 2.24. The van der Waals surface area contributed by atoms with E-state index in [2.05, 4.69) is 44.0 Å². The molecule has 0 bridgehead atoms. The van der Waals surface area contributed by atoms with E-state index in [9.17, 15) is 0 Å². The first-order chi connectivity index (χ1) is 7.15. The van der Waals surface area contributed by atoms with Crippen LogP contribution in [-0.2, 0) is 0 Å². The molecule has 15 heavy (non-hydrogen) atoms. The number of aromatic nitrogens is 1. The van der Waals surface area contributed by atoms with Gasteiger partial charge >= 0.3 is 0 Å². The van der Waals surface area contributed by atoms with Gasteiger partial charge in [-0.1, -0.05) is 39.8 Å². The minimum absolute atomic E-state index is 0.504. The van der Waals surface area contributed by atoms with Crippen molar-refractivity contribution in [3.05, 3.63) is 35.2 Å². The summed E-state index contributed by atoms with van der Waals surface area (Å²) in [4.78, 5) is 4.57. The fraction of sp³-hybridized carbons (Fsp3) is 0.500. The maximum absolute atomic E-state index is 4.57. The molecule has 1 aromatic rings. The summed E-state index contributed by atoms with van der Waals surface area (Å²) in [5, 5.41) is 0. The molecule has 0 spiro atoms. The van der Waals surface area contributed by atoms with Crippen molar-refractivity contribution in [3.63, 3.8) is 0 Å². The molecule has 0 aliphatic heterocycles. The van der Waals surface area contributed by atoms with E-state index < -0.39 is 0 Å². The molecule has 0 aliphatic rings. The highest BCUT2D eigenvalue weighted by Gasteiger charge is 2.02. The molecule has 0 fully saturated rings. The lowest BCUT2D eigenvalue weighted by molar-refractivity contribution is 0.819. The van der Waals surface area contributed by atoms with E-state index in [1.807, 2.05) is 26.8 Å². The van der Waals surface area contributed by atoms with Crippen LogP contribution < -0.4 is 0 Å². The largest absolute Gasteiger partial charge is 0.253 e. The van der Waals surface area contributed by atoms with E-state index in [1.165, 1.54) is 11.3 Å². The lowest BCUT2D eigenvalue weighted by Crippen LogP contribution is -1.96. The van der Waals surface area contributed by atoms with Gasteiger partial charge in [0.05, 0.1) is 5.69 Å².